The van der Waals surface area contributed by atoms with E-state index in [1.807, 2.05) is 18.0 Å². The Morgan fingerprint density at radius 3 is 2.65 bits per heavy atom. The predicted molar refractivity (Wildman–Crippen MR) is 127 cm³/mol. The molecule has 5 heterocycles. The lowest BCUT2D eigenvalue weighted by atomic mass is 10.3. The van der Waals surface area contributed by atoms with Crippen molar-refractivity contribution >= 4 is 39.2 Å². The number of morpholine rings is 1. The minimum atomic E-state index is -0.568. The molecule has 0 saturated carbocycles. The molecule has 5 rings (SSSR count). The largest absolute Gasteiger partial charge is 0.378 e. The number of thiophene rings is 1. The van der Waals surface area contributed by atoms with Gasteiger partial charge >= 0.3 is 5.69 Å². The number of H-pyrrole nitrogens is 1. The van der Waals surface area contributed by atoms with E-state index >= 15 is 0 Å². The Morgan fingerprint density at radius 2 is 1.97 bits per heavy atom. The summed E-state index contributed by atoms with van der Waals surface area (Å²) in [4.78, 5) is 52.2. The van der Waals surface area contributed by atoms with Gasteiger partial charge in [-0.1, -0.05) is 0 Å². The lowest BCUT2D eigenvalue weighted by Crippen LogP contribution is -2.36. The molecule has 34 heavy (non-hydrogen) atoms. The van der Waals surface area contributed by atoms with Gasteiger partial charge in [-0.25, -0.2) is 29.7 Å². The van der Waals surface area contributed by atoms with Crippen LogP contribution < -0.4 is 21.2 Å². The van der Waals surface area contributed by atoms with E-state index in [2.05, 4.69) is 24.8 Å². The minimum absolute atomic E-state index is 0.258. The number of anilines is 2. The molecule has 0 aliphatic carbocycles. The van der Waals surface area contributed by atoms with Crippen LogP contribution in [0.4, 0.5) is 11.8 Å². The van der Waals surface area contributed by atoms with Crippen LogP contribution in [0.5, 0.6) is 0 Å². The third-order valence-corrected chi connectivity index (χ3v) is 6.41. The average molecular weight is 480 g/mol. The topological polar surface area (TPSA) is 156 Å². The fourth-order valence-electron chi connectivity index (χ4n) is 3.58. The fraction of sp³-hybridized carbons (Fsp3) is 0.286. The number of ether oxygens (including phenoxy) is 1. The predicted octanol–water partition coefficient (Wildman–Crippen LogP) is 0.804. The van der Waals surface area contributed by atoms with Crippen LogP contribution in [0.3, 0.4) is 0 Å². The number of aromatic nitrogens is 6. The molecule has 1 fully saturated rings. The Kier molecular flexibility index (Phi) is 5.86. The number of primary amides is 1. The number of rotatable bonds is 6. The van der Waals surface area contributed by atoms with Crippen molar-refractivity contribution in [1.29, 1.82) is 0 Å². The molecule has 174 valence electrons. The monoisotopic (exact) mass is 479 g/mol. The molecular formula is C21H21N9O3S. The zero-order valence-corrected chi connectivity index (χ0v) is 19.1. The first-order chi connectivity index (χ1) is 16.5. The summed E-state index contributed by atoms with van der Waals surface area (Å²) in [6.07, 6.45) is 5.86. The molecule has 3 N–H and O–H groups in total. The van der Waals surface area contributed by atoms with Gasteiger partial charge in [0.1, 0.15) is 0 Å². The summed E-state index contributed by atoms with van der Waals surface area (Å²) in [5.74, 6) is 1.22. The fourth-order valence-corrected chi connectivity index (χ4v) is 4.74. The minimum Gasteiger partial charge on any atom is -0.378 e. The molecule has 0 spiro atoms. The van der Waals surface area contributed by atoms with Crippen LogP contribution in [0.2, 0.25) is 0 Å². The van der Waals surface area contributed by atoms with Gasteiger partial charge in [-0.3, -0.25) is 4.79 Å². The second kappa shape index (κ2) is 9.11. The van der Waals surface area contributed by atoms with Crippen LogP contribution in [-0.4, -0.2) is 69.2 Å². The van der Waals surface area contributed by atoms with E-state index < -0.39 is 11.6 Å². The van der Waals surface area contributed by atoms with Gasteiger partial charge in [-0.15, -0.1) is 11.3 Å². The summed E-state index contributed by atoms with van der Waals surface area (Å²) in [5, 5.41) is 0. The number of aromatic amines is 1. The standard InChI is InChI=1S/C21H21N9O3S/c1-29(20-23-7-12(8-24-20)17(22)31)11-14-6-15-16(34-14)19(30-2-4-33-5-3-30)28-18(27-15)13-9-25-21(32)26-10-13/h6-10H,2-5,11H2,1H3,(H2,22,31)(H,25,26,32). The highest BCUT2D eigenvalue weighted by Crippen LogP contribution is 2.35. The highest BCUT2D eigenvalue weighted by Gasteiger charge is 2.21. The van der Waals surface area contributed by atoms with Gasteiger partial charge in [0, 0.05) is 49.8 Å². The van der Waals surface area contributed by atoms with Gasteiger partial charge in [0.25, 0.3) is 5.91 Å². The molecule has 0 aromatic carbocycles. The van der Waals surface area contributed by atoms with E-state index in [1.165, 1.54) is 18.6 Å². The maximum absolute atomic E-state index is 11.4. The number of carbonyl (C=O) groups is 1. The maximum Gasteiger partial charge on any atom is 0.344 e. The van der Waals surface area contributed by atoms with Crippen molar-refractivity contribution < 1.29 is 9.53 Å². The van der Waals surface area contributed by atoms with Crippen molar-refractivity contribution in [2.75, 3.05) is 43.2 Å². The van der Waals surface area contributed by atoms with Crippen LogP contribution in [0, 0.1) is 0 Å². The van der Waals surface area contributed by atoms with Crippen molar-refractivity contribution in [2.45, 2.75) is 6.54 Å². The maximum atomic E-state index is 11.4. The number of fused-ring (bicyclic) bond motifs is 1. The smallest absolute Gasteiger partial charge is 0.344 e. The molecule has 1 amide bonds. The zero-order valence-electron chi connectivity index (χ0n) is 18.3. The van der Waals surface area contributed by atoms with Gasteiger partial charge in [-0.2, -0.15) is 0 Å². The van der Waals surface area contributed by atoms with E-state index in [4.69, 9.17) is 20.4 Å². The van der Waals surface area contributed by atoms with Crippen molar-refractivity contribution in [2.24, 2.45) is 5.73 Å². The number of nitrogens with zero attached hydrogens (tertiary/aromatic N) is 7. The summed E-state index contributed by atoms with van der Waals surface area (Å²) >= 11 is 1.60. The number of amides is 1. The first-order valence-electron chi connectivity index (χ1n) is 10.5. The van der Waals surface area contributed by atoms with Crippen molar-refractivity contribution in [3.63, 3.8) is 0 Å². The van der Waals surface area contributed by atoms with Crippen LogP contribution in [-0.2, 0) is 11.3 Å². The normalized spacial score (nSPS) is 13.9. The molecule has 13 heteroatoms. The Bertz CT molecular complexity index is 1380. The van der Waals surface area contributed by atoms with E-state index in [0.717, 1.165) is 34.0 Å². The molecule has 4 aromatic heterocycles. The second-order valence-electron chi connectivity index (χ2n) is 7.70. The average Bonchev–Trinajstić information content (AvgIpc) is 3.26. The molecular weight excluding hydrogens is 458 g/mol. The Morgan fingerprint density at radius 1 is 1.21 bits per heavy atom. The number of nitrogens with one attached hydrogen (secondary N) is 1. The molecule has 0 unspecified atom stereocenters. The Balaban J connectivity index is 1.50. The quantitative estimate of drug-likeness (QED) is 0.405. The number of carbonyl (C=O) groups excluding carboxylic acids is 1. The third kappa shape index (κ3) is 4.43. The summed E-state index contributed by atoms with van der Waals surface area (Å²) in [5.41, 5.74) is 6.53. The lowest BCUT2D eigenvalue weighted by molar-refractivity contribution is 0.0999. The number of nitrogens with two attached hydrogens (primary N) is 1. The molecule has 12 nitrogen and oxygen atoms in total. The van der Waals surface area contributed by atoms with Crippen molar-refractivity contribution in [1.82, 2.24) is 29.9 Å². The molecule has 1 aliphatic rings. The van der Waals surface area contributed by atoms with Crippen LogP contribution in [0.1, 0.15) is 15.2 Å². The van der Waals surface area contributed by atoms with E-state index in [9.17, 15) is 9.59 Å². The van der Waals surface area contributed by atoms with Crippen molar-refractivity contribution in [3.8, 4) is 11.4 Å². The van der Waals surface area contributed by atoms with Gasteiger partial charge < -0.3 is 25.3 Å². The van der Waals surface area contributed by atoms with Crippen LogP contribution >= 0.6 is 11.3 Å². The molecule has 0 radical (unpaired) electrons. The SMILES string of the molecule is CN(Cc1cc2nc(-c3cnc(=O)[nH]c3)nc(N3CCOCC3)c2s1)c1ncc(C(N)=O)cn1. The Labute approximate surface area is 197 Å². The van der Waals surface area contributed by atoms with Gasteiger partial charge in [0.05, 0.1) is 41.1 Å². The molecule has 0 atom stereocenters. The van der Waals surface area contributed by atoms with E-state index in [-0.39, 0.29) is 5.56 Å². The highest BCUT2D eigenvalue weighted by atomic mass is 32.1. The van der Waals surface area contributed by atoms with Gasteiger partial charge in [0.2, 0.25) is 5.95 Å². The zero-order chi connectivity index (χ0) is 23.7. The lowest BCUT2D eigenvalue weighted by Gasteiger charge is -2.28. The van der Waals surface area contributed by atoms with Crippen molar-refractivity contribution in [3.05, 3.63) is 51.8 Å². The number of hydrogen-bond donors (Lipinski definition) is 2. The summed E-state index contributed by atoms with van der Waals surface area (Å²) in [7, 11) is 1.87. The highest BCUT2D eigenvalue weighted by molar-refractivity contribution is 7.19. The first kappa shape index (κ1) is 21.9. The second-order valence-corrected chi connectivity index (χ2v) is 8.83. The summed E-state index contributed by atoms with van der Waals surface area (Å²) < 4.78 is 6.48. The Hall–Kier alpha value is -3.97. The molecule has 1 aliphatic heterocycles. The first-order valence-corrected chi connectivity index (χ1v) is 11.3. The molecule has 4 aromatic rings. The van der Waals surface area contributed by atoms with E-state index in [0.29, 0.717) is 37.1 Å². The van der Waals surface area contributed by atoms with Gasteiger partial charge in [0.15, 0.2) is 11.6 Å². The third-order valence-electron chi connectivity index (χ3n) is 5.30. The van der Waals surface area contributed by atoms with E-state index in [1.54, 1.807) is 17.5 Å². The summed E-state index contributed by atoms with van der Waals surface area (Å²) in [6.45, 7) is 3.24. The van der Waals surface area contributed by atoms with Gasteiger partial charge in [-0.05, 0) is 6.07 Å². The van der Waals surface area contributed by atoms with Crippen LogP contribution in [0.15, 0.2) is 35.6 Å². The molecule has 1 saturated heterocycles. The molecule has 0 bridgehead atoms. The van der Waals surface area contributed by atoms with Crippen LogP contribution in [0.25, 0.3) is 21.6 Å². The number of hydrogen-bond acceptors (Lipinski definition) is 11. The summed E-state index contributed by atoms with van der Waals surface area (Å²) in [6, 6.07) is 2.02.